The smallest absolute Gasteiger partial charge is 0.436 e. The molecule has 0 saturated carbocycles. The largest absolute Gasteiger partial charge is 0.491 e. The maximum absolute atomic E-state index is 12.8. The predicted molar refractivity (Wildman–Crippen MR) is 48.8 cm³/mol. The van der Waals surface area contributed by atoms with E-state index >= 15 is 0 Å². The third-order valence-electron chi connectivity index (χ3n) is 1.34. The summed E-state index contributed by atoms with van der Waals surface area (Å²) in [6.45, 7) is 4.79. The van der Waals surface area contributed by atoms with Crippen molar-refractivity contribution in [2.24, 2.45) is 0 Å². The summed E-state index contributed by atoms with van der Waals surface area (Å²) in [7, 11) is -3.13. The first-order valence-corrected chi connectivity index (χ1v) is 7.15. The lowest BCUT2D eigenvalue weighted by atomic mass is 10.2. The van der Waals surface area contributed by atoms with Crippen molar-refractivity contribution in [3.63, 3.8) is 0 Å². The normalized spacial score (nSPS) is 11.3. The van der Waals surface area contributed by atoms with Crippen LogP contribution in [-0.2, 0) is 9.22 Å². The molecule has 0 atom stereocenters. The minimum absolute atomic E-state index is 0.355. The zero-order valence-corrected chi connectivity index (χ0v) is 9.02. The van der Waals surface area contributed by atoms with Crippen LogP contribution in [0.25, 0.3) is 0 Å². The summed E-state index contributed by atoms with van der Waals surface area (Å²) in [6, 6.07) is 0. The van der Waals surface area contributed by atoms with Crippen LogP contribution in [0.4, 0.5) is 4.11 Å². The Labute approximate surface area is 74.4 Å². The third-order valence-corrected chi connectivity index (χ3v) is 2.05. The molecule has 0 heterocycles. The molecule has 0 rings (SSSR count). The molecule has 0 aromatic heterocycles. The number of carbonyl (C=O) groups excluding carboxylic acids is 1. The topological polar surface area (TPSA) is 26.3 Å². The van der Waals surface area contributed by atoms with E-state index in [0.717, 1.165) is 19.3 Å². The summed E-state index contributed by atoms with van der Waals surface area (Å²) >= 11 is 0. The molecule has 0 bridgehead atoms. The van der Waals surface area contributed by atoms with Gasteiger partial charge in [0.1, 0.15) is 0 Å². The van der Waals surface area contributed by atoms with Crippen molar-refractivity contribution in [1.29, 1.82) is 0 Å². The molecule has 0 spiro atoms. The van der Waals surface area contributed by atoms with Gasteiger partial charge in [0.05, 0.1) is 0 Å². The van der Waals surface area contributed by atoms with Gasteiger partial charge in [-0.1, -0.05) is 19.8 Å². The Morgan fingerprint density at radius 3 is 2.42 bits per heavy atom. The molecule has 72 valence electrons. The lowest BCUT2D eigenvalue weighted by Crippen LogP contribution is -2.27. The lowest BCUT2D eigenvalue weighted by molar-refractivity contribution is -0.135. The van der Waals surface area contributed by atoms with Crippen LogP contribution in [0, 0.1) is 0 Å². The van der Waals surface area contributed by atoms with Crippen molar-refractivity contribution in [1.82, 2.24) is 0 Å². The lowest BCUT2D eigenvalue weighted by Gasteiger charge is -2.12. The van der Waals surface area contributed by atoms with Gasteiger partial charge < -0.3 is 4.43 Å². The van der Waals surface area contributed by atoms with E-state index in [1.807, 2.05) is 0 Å². The molecule has 0 aliphatic heterocycles. The number of carbonyl (C=O) groups is 1. The molecule has 2 nitrogen and oxygen atoms in total. The number of rotatable bonds is 5. The summed E-state index contributed by atoms with van der Waals surface area (Å²) in [4.78, 5) is 10.9. The average molecular weight is 192 g/mol. The molecule has 0 aliphatic carbocycles. The third kappa shape index (κ3) is 7.72. The van der Waals surface area contributed by atoms with Gasteiger partial charge in [-0.25, -0.2) is 0 Å². The summed E-state index contributed by atoms with van der Waals surface area (Å²) in [5.74, 6) is -0.386. The molecule has 0 amide bonds. The second-order valence-corrected chi connectivity index (χ2v) is 6.23. The van der Waals surface area contributed by atoms with Crippen LogP contribution in [0.5, 0.6) is 0 Å². The Morgan fingerprint density at radius 1 is 1.42 bits per heavy atom. The van der Waals surface area contributed by atoms with Crippen molar-refractivity contribution in [3.8, 4) is 0 Å². The zero-order valence-electron chi connectivity index (χ0n) is 8.02. The van der Waals surface area contributed by atoms with Gasteiger partial charge in [-0.3, -0.25) is 8.90 Å². The number of halogens is 1. The molecule has 0 aliphatic rings. The van der Waals surface area contributed by atoms with Gasteiger partial charge in [-0.2, -0.15) is 0 Å². The van der Waals surface area contributed by atoms with Gasteiger partial charge in [0.25, 0.3) is 5.97 Å². The van der Waals surface area contributed by atoms with Gasteiger partial charge in [0.15, 0.2) is 0 Å². The van der Waals surface area contributed by atoms with Crippen LogP contribution >= 0.6 is 0 Å². The van der Waals surface area contributed by atoms with Gasteiger partial charge in [-0.05, 0) is 19.5 Å². The van der Waals surface area contributed by atoms with E-state index in [4.69, 9.17) is 0 Å². The first kappa shape index (κ1) is 11.6. The van der Waals surface area contributed by atoms with E-state index in [-0.39, 0.29) is 5.97 Å². The van der Waals surface area contributed by atoms with Gasteiger partial charge in [0.2, 0.25) is 0 Å². The summed E-state index contributed by atoms with van der Waals surface area (Å²) < 4.78 is 17.5. The maximum atomic E-state index is 12.8. The first-order valence-electron chi connectivity index (χ1n) is 4.36. The Hall–Kier alpha value is -0.383. The van der Waals surface area contributed by atoms with E-state index in [1.165, 1.54) is 13.1 Å². The fourth-order valence-electron chi connectivity index (χ4n) is 0.841. The summed E-state index contributed by atoms with van der Waals surface area (Å²) in [6.07, 6.45) is 3.22. The van der Waals surface area contributed by atoms with Crippen LogP contribution in [-0.4, -0.2) is 14.6 Å². The molecule has 0 radical (unpaired) electrons. The Bertz CT molecular complexity index is 142. The Balaban J connectivity index is 3.47. The van der Waals surface area contributed by atoms with E-state index in [1.54, 1.807) is 0 Å². The van der Waals surface area contributed by atoms with Gasteiger partial charge in [0, 0.05) is 6.42 Å². The monoisotopic (exact) mass is 192 g/mol. The first-order chi connectivity index (χ1) is 5.45. The highest BCUT2D eigenvalue weighted by molar-refractivity contribution is 6.65. The van der Waals surface area contributed by atoms with E-state index < -0.39 is 8.65 Å². The minimum Gasteiger partial charge on any atom is -0.491 e. The molecule has 12 heavy (non-hydrogen) atoms. The van der Waals surface area contributed by atoms with Crippen LogP contribution in [0.3, 0.4) is 0 Å². The zero-order chi connectivity index (χ0) is 9.61. The highest BCUT2D eigenvalue weighted by atomic mass is 28.4. The molecular weight excluding hydrogens is 175 g/mol. The summed E-state index contributed by atoms with van der Waals surface area (Å²) in [5, 5.41) is 0. The number of hydrogen-bond donors (Lipinski definition) is 0. The number of hydrogen-bond acceptors (Lipinski definition) is 2. The van der Waals surface area contributed by atoms with Crippen LogP contribution < -0.4 is 0 Å². The summed E-state index contributed by atoms with van der Waals surface area (Å²) in [5.41, 5.74) is 0. The van der Waals surface area contributed by atoms with Gasteiger partial charge in [-0.15, -0.1) is 0 Å². The maximum Gasteiger partial charge on any atom is 0.436 e. The molecule has 0 unspecified atom stereocenters. The highest BCUT2D eigenvalue weighted by Gasteiger charge is 2.26. The van der Waals surface area contributed by atoms with Gasteiger partial charge >= 0.3 is 8.65 Å². The van der Waals surface area contributed by atoms with Crippen molar-refractivity contribution in [2.75, 3.05) is 0 Å². The standard InChI is InChI=1S/C8H17FO2Si/c1-4-5-6-7-8(10)11-12(2,3)9/h4-7H2,1-3H3. The number of unbranched alkanes of at least 4 members (excludes halogenated alkanes) is 2. The Kier molecular flexibility index (Phi) is 5.13. The molecule has 0 saturated heterocycles. The molecule has 0 aromatic carbocycles. The Morgan fingerprint density at radius 2 is 2.00 bits per heavy atom. The highest BCUT2D eigenvalue weighted by Crippen LogP contribution is 2.08. The predicted octanol–water partition coefficient (Wildman–Crippen LogP) is 2.78. The van der Waals surface area contributed by atoms with E-state index in [2.05, 4.69) is 11.3 Å². The van der Waals surface area contributed by atoms with E-state index in [9.17, 15) is 8.90 Å². The van der Waals surface area contributed by atoms with Crippen LogP contribution in [0.2, 0.25) is 13.1 Å². The molecule has 4 heteroatoms. The second kappa shape index (κ2) is 5.30. The molecular formula is C8H17FO2Si. The van der Waals surface area contributed by atoms with Crippen molar-refractivity contribution < 1.29 is 13.3 Å². The van der Waals surface area contributed by atoms with E-state index in [0.29, 0.717) is 6.42 Å². The average Bonchev–Trinajstić information content (AvgIpc) is 1.84. The van der Waals surface area contributed by atoms with Crippen molar-refractivity contribution >= 4 is 14.6 Å². The van der Waals surface area contributed by atoms with Crippen LogP contribution in [0.15, 0.2) is 0 Å². The fraction of sp³-hybridized carbons (Fsp3) is 0.875. The minimum atomic E-state index is -3.13. The van der Waals surface area contributed by atoms with Crippen LogP contribution in [0.1, 0.15) is 32.6 Å². The fourth-order valence-corrected chi connectivity index (χ4v) is 1.48. The SMILES string of the molecule is CCCCCC(=O)O[Si](C)(C)F. The quantitative estimate of drug-likeness (QED) is 0.380. The molecule has 0 aromatic rings. The second-order valence-electron chi connectivity index (χ2n) is 3.29. The van der Waals surface area contributed by atoms with Crippen molar-refractivity contribution in [3.05, 3.63) is 0 Å². The molecule has 0 fully saturated rings. The van der Waals surface area contributed by atoms with Crippen molar-refractivity contribution in [2.45, 2.75) is 45.7 Å². The molecule has 0 N–H and O–H groups in total.